The molecular formula is C16H21N3O2. The Bertz CT molecular complexity index is 561. The molecule has 3 rings (SSSR count). The Morgan fingerprint density at radius 3 is 2.67 bits per heavy atom. The highest BCUT2D eigenvalue weighted by atomic mass is 16.5. The molecule has 5 heteroatoms. The molecule has 0 spiro atoms. The molecule has 0 atom stereocenters. The summed E-state index contributed by atoms with van der Waals surface area (Å²) in [5.74, 6) is 1.68. The first-order chi connectivity index (χ1) is 10.3. The van der Waals surface area contributed by atoms with Crippen LogP contribution in [-0.4, -0.2) is 29.5 Å². The molecule has 2 aromatic rings. The Morgan fingerprint density at radius 1 is 1.19 bits per heavy atom. The maximum Gasteiger partial charge on any atom is 0.119 e. The summed E-state index contributed by atoms with van der Waals surface area (Å²) in [6, 6.07) is 10.4. The van der Waals surface area contributed by atoms with Crippen LogP contribution in [0.4, 0.5) is 0 Å². The lowest BCUT2D eigenvalue weighted by atomic mass is 10.3. The lowest BCUT2D eigenvalue weighted by Crippen LogP contribution is -2.16. The summed E-state index contributed by atoms with van der Waals surface area (Å²) in [7, 11) is 1.66. The first kappa shape index (κ1) is 13.9. The largest absolute Gasteiger partial charge is 0.497 e. The normalized spacial score (nSPS) is 14.1. The van der Waals surface area contributed by atoms with Gasteiger partial charge in [-0.25, -0.2) is 0 Å². The van der Waals surface area contributed by atoms with E-state index >= 15 is 0 Å². The lowest BCUT2D eigenvalue weighted by molar-refractivity contribution is 0.290. The van der Waals surface area contributed by atoms with E-state index in [2.05, 4.69) is 16.5 Å². The Hall–Kier alpha value is -2.01. The Kier molecular flexibility index (Phi) is 4.40. The van der Waals surface area contributed by atoms with Gasteiger partial charge in [0, 0.05) is 18.8 Å². The molecule has 1 aliphatic carbocycles. The van der Waals surface area contributed by atoms with E-state index in [4.69, 9.17) is 9.47 Å². The van der Waals surface area contributed by atoms with Crippen molar-refractivity contribution in [3.8, 4) is 11.5 Å². The fourth-order valence-electron chi connectivity index (χ4n) is 2.09. The summed E-state index contributed by atoms with van der Waals surface area (Å²) in [5.41, 5.74) is 1.09. The van der Waals surface area contributed by atoms with Crippen molar-refractivity contribution in [1.82, 2.24) is 15.1 Å². The number of nitrogens with zero attached hydrogens (tertiary/aromatic N) is 2. The molecule has 112 valence electrons. The maximum atomic E-state index is 5.69. The number of rotatable bonds is 8. The maximum absolute atomic E-state index is 5.69. The number of hydrogen-bond donors (Lipinski definition) is 1. The number of ether oxygens (including phenoxy) is 2. The smallest absolute Gasteiger partial charge is 0.119 e. The second-order valence-corrected chi connectivity index (χ2v) is 5.25. The van der Waals surface area contributed by atoms with E-state index in [0.717, 1.165) is 30.3 Å². The third-order valence-electron chi connectivity index (χ3n) is 3.49. The van der Waals surface area contributed by atoms with Gasteiger partial charge in [-0.3, -0.25) is 4.68 Å². The summed E-state index contributed by atoms with van der Waals surface area (Å²) >= 11 is 0. The van der Waals surface area contributed by atoms with Crippen molar-refractivity contribution in [3.05, 3.63) is 42.2 Å². The average Bonchev–Trinajstić information content (AvgIpc) is 3.25. The van der Waals surface area contributed by atoms with Crippen molar-refractivity contribution in [2.75, 3.05) is 13.7 Å². The molecular weight excluding hydrogens is 266 g/mol. The fourth-order valence-corrected chi connectivity index (χ4v) is 2.09. The fraction of sp³-hybridized carbons (Fsp3) is 0.438. The van der Waals surface area contributed by atoms with Crippen molar-refractivity contribution in [2.24, 2.45) is 0 Å². The predicted molar refractivity (Wildman–Crippen MR) is 80.6 cm³/mol. The highest BCUT2D eigenvalue weighted by molar-refractivity contribution is 5.31. The van der Waals surface area contributed by atoms with E-state index in [-0.39, 0.29) is 0 Å². The van der Waals surface area contributed by atoms with Gasteiger partial charge in [-0.05, 0) is 43.2 Å². The van der Waals surface area contributed by atoms with Gasteiger partial charge in [0.1, 0.15) is 18.1 Å². The molecule has 1 heterocycles. The molecule has 0 aliphatic heterocycles. The van der Waals surface area contributed by atoms with Gasteiger partial charge in [-0.2, -0.15) is 5.10 Å². The molecule has 1 fully saturated rings. The Labute approximate surface area is 124 Å². The summed E-state index contributed by atoms with van der Waals surface area (Å²) in [4.78, 5) is 0. The molecule has 21 heavy (non-hydrogen) atoms. The third-order valence-corrected chi connectivity index (χ3v) is 3.49. The lowest BCUT2D eigenvalue weighted by Gasteiger charge is -2.07. The predicted octanol–water partition coefficient (Wildman–Crippen LogP) is 2.22. The number of aromatic nitrogens is 2. The Morgan fingerprint density at radius 2 is 1.95 bits per heavy atom. The van der Waals surface area contributed by atoms with Gasteiger partial charge in [-0.15, -0.1) is 0 Å². The van der Waals surface area contributed by atoms with Crippen LogP contribution in [0, 0.1) is 0 Å². The zero-order chi connectivity index (χ0) is 14.5. The Balaban J connectivity index is 1.41. The number of nitrogens with one attached hydrogen (secondary N) is 1. The minimum atomic E-state index is 0.601. The van der Waals surface area contributed by atoms with Gasteiger partial charge in [0.15, 0.2) is 0 Å². The first-order valence-corrected chi connectivity index (χ1v) is 7.36. The second-order valence-electron chi connectivity index (χ2n) is 5.25. The molecule has 0 unspecified atom stereocenters. The summed E-state index contributed by atoms with van der Waals surface area (Å²) in [5, 5.41) is 7.98. The molecule has 0 amide bonds. The van der Waals surface area contributed by atoms with Gasteiger partial charge in [0.25, 0.3) is 0 Å². The van der Waals surface area contributed by atoms with E-state index < -0.39 is 0 Å². The van der Waals surface area contributed by atoms with Crippen LogP contribution in [0.3, 0.4) is 0 Å². The van der Waals surface area contributed by atoms with Crippen LogP contribution in [-0.2, 0) is 13.1 Å². The number of hydrogen-bond acceptors (Lipinski definition) is 4. The summed E-state index contributed by atoms with van der Waals surface area (Å²) < 4.78 is 12.7. The third kappa shape index (κ3) is 4.23. The average molecular weight is 287 g/mol. The van der Waals surface area contributed by atoms with E-state index in [1.165, 1.54) is 12.8 Å². The highest BCUT2D eigenvalue weighted by Gasteiger charge is 2.20. The quantitative estimate of drug-likeness (QED) is 0.809. The zero-order valence-electron chi connectivity index (χ0n) is 12.3. The van der Waals surface area contributed by atoms with Crippen molar-refractivity contribution >= 4 is 0 Å². The van der Waals surface area contributed by atoms with Gasteiger partial charge in [-0.1, -0.05) is 0 Å². The van der Waals surface area contributed by atoms with Crippen LogP contribution < -0.4 is 14.8 Å². The molecule has 1 saturated carbocycles. The van der Waals surface area contributed by atoms with Crippen LogP contribution in [0.2, 0.25) is 0 Å². The van der Waals surface area contributed by atoms with Crippen molar-refractivity contribution < 1.29 is 9.47 Å². The topological polar surface area (TPSA) is 48.3 Å². The molecule has 1 aromatic carbocycles. The van der Waals surface area contributed by atoms with Gasteiger partial charge in [0.2, 0.25) is 0 Å². The molecule has 1 aliphatic rings. The first-order valence-electron chi connectivity index (χ1n) is 7.36. The number of benzene rings is 1. The molecule has 1 N–H and O–H groups in total. The van der Waals surface area contributed by atoms with Crippen molar-refractivity contribution in [2.45, 2.75) is 32.0 Å². The van der Waals surface area contributed by atoms with Crippen molar-refractivity contribution in [3.63, 3.8) is 0 Å². The van der Waals surface area contributed by atoms with Crippen molar-refractivity contribution in [1.29, 1.82) is 0 Å². The SMILES string of the molecule is COc1ccc(OCCn2ccc(CNC3CC3)n2)cc1. The zero-order valence-corrected chi connectivity index (χ0v) is 12.3. The van der Waals surface area contributed by atoms with Gasteiger partial charge in [0.05, 0.1) is 19.3 Å². The van der Waals surface area contributed by atoms with Crippen LogP contribution in [0.15, 0.2) is 36.5 Å². The van der Waals surface area contributed by atoms with E-state index in [0.29, 0.717) is 12.6 Å². The highest BCUT2D eigenvalue weighted by Crippen LogP contribution is 2.19. The second kappa shape index (κ2) is 6.63. The monoisotopic (exact) mass is 287 g/mol. The summed E-state index contributed by atoms with van der Waals surface area (Å²) in [6.07, 6.45) is 4.61. The van der Waals surface area contributed by atoms with E-state index in [1.807, 2.05) is 35.1 Å². The van der Waals surface area contributed by atoms with E-state index in [1.54, 1.807) is 7.11 Å². The van der Waals surface area contributed by atoms with E-state index in [9.17, 15) is 0 Å². The number of methoxy groups -OCH3 is 1. The summed E-state index contributed by atoms with van der Waals surface area (Å²) in [6.45, 7) is 2.20. The standard InChI is InChI=1S/C16H21N3O2/c1-20-15-4-6-16(7-5-15)21-11-10-19-9-8-14(18-19)12-17-13-2-3-13/h4-9,13,17H,2-3,10-12H2,1H3. The van der Waals surface area contributed by atoms with Crippen LogP contribution >= 0.6 is 0 Å². The molecule has 0 radical (unpaired) electrons. The van der Waals surface area contributed by atoms with Crippen LogP contribution in [0.25, 0.3) is 0 Å². The van der Waals surface area contributed by atoms with Crippen LogP contribution in [0.1, 0.15) is 18.5 Å². The molecule has 1 aromatic heterocycles. The van der Waals surface area contributed by atoms with Crippen LogP contribution in [0.5, 0.6) is 11.5 Å². The molecule has 5 nitrogen and oxygen atoms in total. The molecule has 0 saturated heterocycles. The minimum absolute atomic E-state index is 0.601. The van der Waals surface area contributed by atoms with Gasteiger partial charge >= 0.3 is 0 Å². The minimum Gasteiger partial charge on any atom is -0.497 e. The molecule has 0 bridgehead atoms. The van der Waals surface area contributed by atoms with Gasteiger partial charge < -0.3 is 14.8 Å².